The van der Waals surface area contributed by atoms with Crippen LogP contribution in [0.25, 0.3) is 0 Å². The molecule has 128 valence electrons. The largest absolute Gasteiger partial charge is 0.494 e. The fourth-order valence-corrected chi connectivity index (χ4v) is 2.97. The summed E-state index contributed by atoms with van der Waals surface area (Å²) in [5, 5.41) is 3.15. The van der Waals surface area contributed by atoms with Gasteiger partial charge in [-0.3, -0.25) is 4.79 Å². The highest BCUT2D eigenvalue weighted by molar-refractivity contribution is 6.33. The summed E-state index contributed by atoms with van der Waals surface area (Å²) in [7, 11) is 1.35. The topological polar surface area (TPSA) is 56.1 Å². The molecule has 2 aromatic rings. The third-order valence-corrected chi connectivity index (χ3v) is 4.63. The van der Waals surface area contributed by atoms with E-state index in [1.165, 1.54) is 19.4 Å². The van der Waals surface area contributed by atoms with Gasteiger partial charge in [0.25, 0.3) is 5.56 Å². The third-order valence-electron chi connectivity index (χ3n) is 4.14. The minimum atomic E-state index is -0.599. The van der Waals surface area contributed by atoms with Crippen LogP contribution < -0.4 is 15.6 Å². The van der Waals surface area contributed by atoms with E-state index in [1.807, 2.05) is 6.92 Å². The molecule has 1 heterocycles. The molecule has 0 amide bonds. The van der Waals surface area contributed by atoms with E-state index in [0.717, 1.165) is 18.9 Å². The Balaban J connectivity index is 1.98. The first-order valence-electron chi connectivity index (χ1n) is 7.49. The number of anilines is 2. The summed E-state index contributed by atoms with van der Waals surface area (Å²) in [6, 6.07) is 2.51. The molecule has 24 heavy (non-hydrogen) atoms. The second-order valence-electron chi connectivity index (χ2n) is 5.79. The van der Waals surface area contributed by atoms with E-state index in [2.05, 4.69) is 10.3 Å². The van der Waals surface area contributed by atoms with E-state index in [4.69, 9.17) is 27.9 Å². The molecule has 0 spiro atoms. The van der Waals surface area contributed by atoms with Crippen LogP contribution >= 0.6 is 23.2 Å². The van der Waals surface area contributed by atoms with Crippen molar-refractivity contribution >= 4 is 34.7 Å². The molecule has 1 aromatic carbocycles. The lowest BCUT2D eigenvalue weighted by Gasteiger charge is -2.16. The van der Waals surface area contributed by atoms with Crippen LogP contribution in [0.1, 0.15) is 25.8 Å². The van der Waals surface area contributed by atoms with E-state index in [1.54, 1.807) is 4.57 Å². The number of halogens is 3. The highest BCUT2D eigenvalue weighted by Crippen LogP contribution is 2.39. The molecule has 1 aromatic heterocycles. The Morgan fingerprint density at radius 2 is 2.12 bits per heavy atom. The quantitative estimate of drug-likeness (QED) is 0.845. The van der Waals surface area contributed by atoms with Crippen LogP contribution in [-0.2, 0) is 0 Å². The van der Waals surface area contributed by atoms with Crippen LogP contribution in [0.3, 0.4) is 0 Å². The number of benzene rings is 1. The molecule has 1 atom stereocenters. The van der Waals surface area contributed by atoms with Gasteiger partial charge in [-0.2, -0.15) is 0 Å². The van der Waals surface area contributed by atoms with Gasteiger partial charge in [0.2, 0.25) is 0 Å². The predicted molar refractivity (Wildman–Crippen MR) is 92.2 cm³/mol. The van der Waals surface area contributed by atoms with Crippen molar-refractivity contribution in [3.8, 4) is 5.75 Å². The number of nitrogens with zero attached hydrogens (tertiary/aromatic N) is 2. The molecule has 1 fully saturated rings. The van der Waals surface area contributed by atoms with Crippen molar-refractivity contribution in [3.63, 3.8) is 0 Å². The lowest BCUT2D eigenvalue weighted by molar-refractivity contribution is 0.387. The van der Waals surface area contributed by atoms with Crippen LogP contribution in [0.15, 0.2) is 23.1 Å². The molecular formula is C16H16Cl2FN3O2. The first kappa shape index (κ1) is 17.0. The van der Waals surface area contributed by atoms with Crippen molar-refractivity contribution in [2.45, 2.75) is 25.8 Å². The van der Waals surface area contributed by atoms with E-state index in [0.29, 0.717) is 5.92 Å². The van der Waals surface area contributed by atoms with Gasteiger partial charge in [0, 0.05) is 24.4 Å². The highest BCUT2D eigenvalue weighted by Gasteiger charge is 2.30. The van der Waals surface area contributed by atoms with E-state index in [-0.39, 0.29) is 39.0 Å². The van der Waals surface area contributed by atoms with Crippen LogP contribution in [0.2, 0.25) is 10.2 Å². The Bertz CT molecular complexity index is 837. The maximum absolute atomic E-state index is 13.9. The molecule has 0 bridgehead atoms. The summed E-state index contributed by atoms with van der Waals surface area (Å²) in [6.45, 7) is 1.97. The number of methoxy groups -OCH3 is 1. The maximum Gasteiger partial charge on any atom is 0.294 e. The van der Waals surface area contributed by atoms with Crippen molar-refractivity contribution in [3.05, 3.63) is 44.7 Å². The molecule has 1 N–H and O–H groups in total. The zero-order valence-electron chi connectivity index (χ0n) is 13.1. The SMILES string of the molecule is COc1cc(Cl)c(Nc2nc(Cl)cn([C@H](C)C3CC3)c2=O)cc1F. The van der Waals surface area contributed by atoms with Gasteiger partial charge < -0.3 is 14.6 Å². The predicted octanol–water partition coefficient (Wildman–Crippen LogP) is 4.41. The van der Waals surface area contributed by atoms with Gasteiger partial charge in [0.15, 0.2) is 17.4 Å². The summed E-state index contributed by atoms with van der Waals surface area (Å²) in [5.74, 6) is -0.111. The van der Waals surface area contributed by atoms with Crippen molar-refractivity contribution in [2.75, 3.05) is 12.4 Å². The second kappa shape index (κ2) is 6.61. The van der Waals surface area contributed by atoms with Crippen molar-refractivity contribution in [1.29, 1.82) is 0 Å². The first-order valence-corrected chi connectivity index (χ1v) is 8.25. The smallest absolute Gasteiger partial charge is 0.294 e. The van der Waals surface area contributed by atoms with Gasteiger partial charge in [0.1, 0.15) is 5.15 Å². The van der Waals surface area contributed by atoms with Gasteiger partial charge in [0.05, 0.1) is 17.8 Å². The van der Waals surface area contributed by atoms with Crippen molar-refractivity contribution < 1.29 is 9.13 Å². The molecule has 3 rings (SSSR count). The van der Waals surface area contributed by atoms with Gasteiger partial charge >= 0.3 is 0 Å². The fraction of sp³-hybridized carbons (Fsp3) is 0.375. The zero-order chi connectivity index (χ0) is 17.4. The third kappa shape index (κ3) is 3.35. The van der Waals surface area contributed by atoms with Crippen LogP contribution in [-0.4, -0.2) is 16.7 Å². The average molecular weight is 372 g/mol. The molecule has 0 radical (unpaired) electrons. The monoisotopic (exact) mass is 371 g/mol. The summed E-state index contributed by atoms with van der Waals surface area (Å²) in [4.78, 5) is 16.6. The molecule has 1 aliphatic rings. The van der Waals surface area contributed by atoms with Crippen molar-refractivity contribution in [2.24, 2.45) is 5.92 Å². The number of rotatable bonds is 5. The Kier molecular flexibility index (Phi) is 4.69. The summed E-state index contributed by atoms with van der Waals surface area (Å²) in [6.07, 6.45) is 3.70. The minimum absolute atomic E-state index is 0.00136. The maximum atomic E-state index is 13.9. The normalized spacial score (nSPS) is 15.2. The lowest BCUT2D eigenvalue weighted by atomic mass is 10.2. The van der Waals surface area contributed by atoms with E-state index < -0.39 is 5.82 Å². The summed E-state index contributed by atoms with van der Waals surface area (Å²) >= 11 is 12.1. The Morgan fingerprint density at radius 3 is 2.75 bits per heavy atom. The molecule has 0 unspecified atom stereocenters. The molecular weight excluding hydrogens is 356 g/mol. The van der Waals surface area contributed by atoms with Gasteiger partial charge in [-0.1, -0.05) is 23.2 Å². The van der Waals surface area contributed by atoms with E-state index >= 15 is 0 Å². The number of aromatic nitrogens is 2. The summed E-state index contributed by atoms with van der Waals surface area (Å²) in [5.41, 5.74) is -0.112. The number of nitrogens with one attached hydrogen (secondary N) is 1. The number of hydrogen-bond acceptors (Lipinski definition) is 4. The molecule has 0 saturated heterocycles. The lowest BCUT2D eigenvalue weighted by Crippen LogP contribution is -2.27. The van der Waals surface area contributed by atoms with Crippen molar-refractivity contribution in [1.82, 2.24) is 9.55 Å². The number of ether oxygens (including phenoxy) is 1. The van der Waals surface area contributed by atoms with Gasteiger partial charge in [-0.05, 0) is 25.7 Å². The van der Waals surface area contributed by atoms with Crippen LogP contribution in [0, 0.1) is 11.7 Å². The standard InChI is InChI=1S/C16H16Cl2FN3O2/c1-8(9-3-4-9)22-7-14(18)21-15(16(22)23)20-12-6-11(19)13(24-2)5-10(12)17/h5-9H,3-4H2,1-2H3,(H,20,21)/t8-/m1/s1. The Morgan fingerprint density at radius 1 is 1.42 bits per heavy atom. The van der Waals surface area contributed by atoms with E-state index in [9.17, 15) is 9.18 Å². The second-order valence-corrected chi connectivity index (χ2v) is 6.59. The van der Waals surface area contributed by atoms with Crippen LogP contribution in [0.5, 0.6) is 5.75 Å². The minimum Gasteiger partial charge on any atom is -0.494 e. The molecule has 0 aliphatic heterocycles. The highest BCUT2D eigenvalue weighted by atomic mass is 35.5. The first-order chi connectivity index (χ1) is 11.4. The Labute approximate surface area is 148 Å². The molecule has 8 heteroatoms. The van der Waals surface area contributed by atoms with Gasteiger partial charge in [-0.25, -0.2) is 9.37 Å². The fourth-order valence-electron chi connectivity index (χ4n) is 2.58. The summed E-state index contributed by atoms with van der Waals surface area (Å²) < 4.78 is 20.3. The molecule has 5 nitrogen and oxygen atoms in total. The average Bonchev–Trinajstić information content (AvgIpc) is 3.37. The Hall–Kier alpha value is -1.79. The van der Waals surface area contributed by atoms with Gasteiger partial charge in [-0.15, -0.1) is 0 Å². The number of hydrogen-bond donors (Lipinski definition) is 1. The molecule has 1 saturated carbocycles. The zero-order valence-corrected chi connectivity index (χ0v) is 14.7. The molecule has 1 aliphatic carbocycles. The van der Waals surface area contributed by atoms with Crippen LogP contribution in [0.4, 0.5) is 15.9 Å².